The molecule has 0 aliphatic heterocycles. The van der Waals surface area contributed by atoms with E-state index in [4.69, 9.17) is 0 Å². The van der Waals surface area contributed by atoms with Gasteiger partial charge in [-0.05, 0) is 31.9 Å². The Kier molecular flexibility index (Phi) is 6.87. The van der Waals surface area contributed by atoms with E-state index in [9.17, 15) is 9.90 Å². The summed E-state index contributed by atoms with van der Waals surface area (Å²) in [4.78, 5) is 16.7. The molecule has 1 fully saturated rings. The molecule has 0 radical (unpaired) electrons. The van der Waals surface area contributed by atoms with E-state index in [0.717, 1.165) is 18.5 Å². The minimum Gasteiger partial charge on any atom is -0.395 e. The van der Waals surface area contributed by atoms with Gasteiger partial charge in [0, 0.05) is 24.8 Å². The van der Waals surface area contributed by atoms with E-state index >= 15 is 0 Å². The number of likely N-dealkylation sites (N-methyl/N-ethyl adjacent to an activating group) is 1. The van der Waals surface area contributed by atoms with Gasteiger partial charge in [0.2, 0.25) is 5.91 Å². The van der Waals surface area contributed by atoms with Crippen LogP contribution in [0.15, 0.2) is 30.3 Å². The Morgan fingerprint density at radius 1 is 1.18 bits per heavy atom. The highest BCUT2D eigenvalue weighted by atomic mass is 16.3. The summed E-state index contributed by atoms with van der Waals surface area (Å²) in [6, 6.07) is 10.3. The van der Waals surface area contributed by atoms with Crippen molar-refractivity contribution in [3.05, 3.63) is 30.3 Å². The zero-order chi connectivity index (χ0) is 15.8. The number of para-hydroxylation sites is 1. The first-order valence-electron chi connectivity index (χ1n) is 8.46. The van der Waals surface area contributed by atoms with Gasteiger partial charge in [0.1, 0.15) is 0 Å². The van der Waals surface area contributed by atoms with Crippen LogP contribution in [0.2, 0.25) is 0 Å². The van der Waals surface area contributed by atoms with Crippen molar-refractivity contribution >= 4 is 11.6 Å². The number of anilines is 1. The van der Waals surface area contributed by atoms with Gasteiger partial charge in [0.15, 0.2) is 0 Å². The maximum absolute atomic E-state index is 12.7. The number of amides is 1. The number of hydrogen-bond donors (Lipinski definition) is 1. The van der Waals surface area contributed by atoms with Crippen molar-refractivity contribution in [2.24, 2.45) is 0 Å². The minimum atomic E-state index is 0.112. The molecule has 1 aromatic rings. The molecule has 0 bridgehead atoms. The zero-order valence-corrected chi connectivity index (χ0v) is 13.6. The van der Waals surface area contributed by atoms with Gasteiger partial charge in [0.05, 0.1) is 13.2 Å². The molecule has 4 nitrogen and oxygen atoms in total. The van der Waals surface area contributed by atoms with Gasteiger partial charge in [-0.3, -0.25) is 9.69 Å². The maximum atomic E-state index is 12.7. The molecule has 1 N–H and O–H groups in total. The van der Waals surface area contributed by atoms with Crippen LogP contribution in [-0.2, 0) is 4.79 Å². The molecular formula is C18H28N2O2. The lowest BCUT2D eigenvalue weighted by molar-refractivity contribution is -0.120. The SMILES string of the molecule is CCN(C(=O)CN(CCO)C1CCCCC1)c1ccccc1. The summed E-state index contributed by atoms with van der Waals surface area (Å²) in [6.07, 6.45) is 6.05. The lowest BCUT2D eigenvalue weighted by Crippen LogP contribution is -2.46. The largest absolute Gasteiger partial charge is 0.395 e. The summed E-state index contributed by atoms with van der Waals surface area (Å²) in [5.41, 5.74) is 0.947. The molecule has 0 spiro atoms. The van der Waals surface area contributed by atoms with Crippen LogP contribution < -0.4 is 4.90 Å². The number of nitrogens with zero attached hydrogens (tertiary/aromatic N) is 2. The fraction of sp³-hybridized carbons (Fsp3) is 0.611. The average Bonchev–Trinajstić information content (AvgIpc) is 2.57. The molecule has 1 aromatic carbocycles. The third-order valence-corrected chi connectivity index (χ3v) is 4.50. The summed E-state index contributed by atoms with van der Waals surface area (Å²) in [7, 11) is 0. The van der Waals surface area contributed by atoms with Crippen LogP contribution in [0.4, 0.5) is 5.69 Å². The molecule has 1 amide bonds. The molecule has 1 aliphatic carbocycles. The fourth-order valence-electron chi connectivity index (χ4n) is 3.34. The minimum absolute atomic E-state index is 0.112. The Morgan fingerprint density at radius 2 is 1.86 bits per heavy atom. The molecule has 122 valence electrons. The first kappa shape index (κ1) is 17.0. The Bertz CT molecular complexity index is 444. The number of aliphatic hydroxyl groups is 1. The first-order valence-corrected chi connectivity index (χ1v) is 8.46. The Labute approximate surface area is 133 Å². The van der Waals surface area contributed by atoms with Crippen molar-refractivity contribution in [2.75, 3.05) is 31.1 Å². The van der Waals surface area contributed by atoms with Crippen LogP contribution in [0.5, 0.6) is 0 Å². The van der Waals surface area contributed by atoms with Crippen LogP contribution in [0.3, 0.4) is 0 Å². The van der Waals surface area contributed by atoms with E-state index in [0.29, 0.717) is 25.7 Å². The van der Waals surface area contributed by atoms with Gasteiger partial charge < -0.3 is 10.0 Å². The number of hydrogen-bond acceptors (Lipinski definition) is 3. The summed E-state index contributed by atoms with van der Waals surface area (Å²) in [6.45, 7) is 3.76. The van der Waals surface area contributed by atoms with Gasteiger partial charge in [-0.1, -0.05) is 37.5 Å². The van der Waals surface area contributed by atoms with Crippen LogP contribution in [-0.4, -0.2) is 48.2 Å². The van der Waals surface area contributed by atoms with E-state index in [-0.39, 0.29) is 12.5 Å². The molecular weight excluding hydrogens is 276 g/mol. The highest BCUT2D eigenvalue weighted by Gasteiger charge is 2.24. The monoisotopic (exact) mass is 304 g/mol. The molecule has 0 atom stereocenters. The highest BCUT2D eigenvalue weighted by molar-refractivity contribution is 5.94. The maximum Gasteiger partial charge on any atom is 0.241 e. The quantitative estimate of drug-likeness (QED) is 0.842. The normalized spacial score (nSPS) is 16.0. The Morgan fingerprint density at radius 3 is 2.45 bits per heavy atom. The molecule has 2 rings (SSSR count). The molecule has 0 aromatic heterocycles. The zero-order valence-electron chi connectivity index (χ0n) is 13.6. The van der Waals surface area contributed by atoms with E-state index in [2.05, 4.69) is 4.90 Å². The van der Waals surface area contributed by atoms with E-state index in [1.807, 2.05) is 42.2 Å². The lowest BCUT2D eigenvalue weighted by Gasteiger charge is -2.34. The standard InChI is InChI=1S/C18H28N2O2/c1-2-20(17-11-7-4-8-12-17)18(22)15-19(13-14-21)16-9-5-3-6-10-16/h4,7-8,11-12,16,21H,2-3,5-6,9-10,13-15H2,1H3. The predicted molar refractivity (Wildman–Crippen MR) is 90.0 cm³/mol. The van der Waals surface area contributed by atoms with Crippen LogP contribution in [0.25, 0.3) is 0 Å². The first-order chi connectivity index (χ1) is 10.8. The van der Waals surface area contributed by atoms with Gasteiger partial charge in [-0.2, -0.15) is 0 Å². The Balaban J connectivity index is 2.02. The van der Waals surface area contributed by atoms with Crippen LogP contribution in [0, 0.1) is 0 Å². The van der Waals surface area contributed by atoms with Crippen molar-refractivity contribution in [2.45, 2.75) is 45.1 Å². The predicted octanol–water partition coefficient (Wildman–Crippen LogP) is 2.67. The third-order valence-electron chi connectivity index (χ3n) is 4.50. The molecule has 1 aliphatic rings. The lowest BCUT2D eigenvalue weighted by atomic mass is 9.94. The number of aliphatic hydroxyl groups excluding tert-OH is 1. The molecule has 4 heteroatoms. The number of rotatable bonds is 7. The van der Waals surface area contributed by atoms with Crippen LogP contribution in [0.1, 0.15) is 39.0 Å². The van der Waals surface area contributed by atoms with Crippen molar-refractivity contribution in [1.82, 2.24) is 4.90 Å². The molecule has 1 saturated carbocycles. The van der Waals surface area contributed by atoms with Crippen molar-refractivity contribution in [3.63, 3.8) is 0 Å². The van der Waals surface area contributed by atoms with E-state index in [1.165, 1.54) is 19.3 Å². The van der Waals surface area contributed by atoms with Crippen molar-refractivity contribution in [1.29, 1.82) is 0 Å². The van der Waals surface area contributed by atoms with Gasteiger partial charge in [-0.25, -0.2) is 0 Å². The summed E-state index contributed by atoms with van der Waals surface area (Å²) >= 11 is 0. The molecule has 0 unspecified atom stereocenters. The van der Waals surface area contributed by atoms with Gasteiger partial charge >= 0.3 is 0 Å². The summed E-state index contributed by atoms with van der Waals surface area (Å²) < 4.78 is 0. The average molecular weight is 304 g/mol. The topological polar surface area (TPSA) is 43.8 Å². The van der Waals surface area contributed by atoms with Crippen LogP contribution >= 0.6 is 0 Å². The van der Waals surface area contributed by atoms with Gasteiger partial charge in [-0.15, -0.1) is 0 Å². The van der Waals surface area contributed by atoms with Gasteiger partial charge in [0.25, 0.3) is 0 Å². The van der Waals surface area contributed by atoms with E-state index < -0.39 is 0 Å². The summed E-state index contributed by atoms with van der Waals surface area (Å²) in [5.74, 6) is 0.118. The second-order valence-electron chi connectivity index (χ2n) is 5.96. The molecule has 0 heterocycles. The highest BCUT2D eigenvalue weighted by Crippen LogP contribution is 2.23. The number of benzene rings is 1. The number of carbonyl (C=O) groups is 1. The second kappa shape index (κ2) is 8.91. The smallest absolute Gasteiger partial charge is 0.241 e. The number of carbonyl (C=O) groups excluding carboxylic acids is 1. The van der Waals surface area contributed by atoms with E-state index in [1.54, 1.807) is 0 Å². The van der Waals surface area contributed by atoms with Crippen molar-refractivity contribution < 1.29 is 9.90 Å². The Hall–Kier alpha value is -1.39. The molecule has 22 heavy (non-hydrogen) atoms. The summed E-state index contributed by atoms with van der Waals surface area (Å²) in [5, 5.41) is 9.33. The second-order valence-corrected chi connectivity index (χ2v) is 5.96. The fourth-order valence-corrected chi connectivity index (χ4v) is 3.34. The molecule has 0 saturated heterocycles. The third kappa shape index (κ3) is 4.55. The van der Waals surface area contributed by atoms with Crippen molar-refractivity contribution in [3.8, 4) is 0 Å².